The number of nitrogens with zero attached hydrogens (tertiary/aromatic N) is 2. The van der Waals surface area contributed by atoms with E-state index in [-0.39, 0.29) is 18.2 Å². The molecule has 1 fully saturated rings. The van der Waals surface area contributed by atoms with Crippen LogP contribution in [0.15, 0.2) is 24.3 Å². The summed E-state index contributed by atoms with van der Waals surface area (Å²) in [6, 6.07) is 7.21. The summed E-state index contributed by atoms with van der Waals surface area (Å²) < 4.78 is 10.5. The lowest BCUT2D eigenvalue weighted by Gasteiger charge is -2.29. The van der Waals surface area contributed by atoms with Crippen LogP contribution in [-0.2, 0) is 14.3 Å². The average molecular weight is 349 g/mol. The summed E-state index contributed by atoms with van der Waals surface area (Å²) in [7, 11) is 1.58. The van der Waals surface area contributed by atoms with Crippen molar-refractivity contribution in [1.29, 1.82) is 0 Å². The SMILES string of the molecule is COc1cccc(NC(=O)CCN(CCN2CCOCC2)C(C)=O)c1. The highest BCUT2D eigenvalue weighted by molar-refractivity contribution is 5.91. The van der Waals surface area contributed by atoms with Gasteiger partial charge in [0, 0.05) is 57.8 Å². The van der Waals surface area contributed by atoms with Crippen molar-refractivity contribution in [3.63, 3.8) is 0 Å². The zero-order valence-corrected chi connectivity index (χ0v) is 15.0. The second-order valence-electron chi connectivity index (χ2n) is 5.99. The maximum atomic E-state index is 12.1. The number of hydrogen-bond donors (Lipinski definition) is 1. The lowest BCUT2D eigenvalue weighted by Crippen LogP contribution is -2.43. The van der Waals surface area contributed by atoms with Crippen molar-refractivity contribution < 1.29 is 19.1 Å². The first kappa shape index (κ1) is 19.2. The molecule has 7 nitrogen and oxygen atoms in total. The van der Waals surface area contributed by atoms with Gasteiger partial charge in [0.1, 0.15) is 5.75 Å². The zero-order valence-electron chi connectivity index (χ0n) is 15.0. The fraction of sp³-hybridized carbons (Fsp3) is 0.556. The molecule has 0 atom stereocenters. The Morgan fingerprint density at radius 2 is 2.04 bits per heavy atom. The summed E-state index contributed by atoms with van der Waals surface area (Å²) in [6.45, 7) is 6.65. The minimum absolute atomic E-state index is 0.0116. The molecule has 2 amide bonds. The van der Waals surface area contributed by atoms with Crippen LogP contribution < -0.4 is 10.1 Å². The van der Waals surface area contributed by atoms with Gasteiger partial charge in [-0.1, -0.05) is 6.07 Å². The number of anilines is 1. The lowest BCUT2D eigenvalue weighted by atomic mass is 10.2. The summed E-state index contributed by atoms with van der Waals surface area (Å²) in [6.07, 6.45) is 0.264. The maximum absolute atomic E-state index is 12.1. The topological polar surface area (TPSA) is 71.1 Å². The smallest absolute Gasteiger partial charge is 0.226 e. The van der Waals surface area contributed by atoms with Crippen molar-refractivity contribution in [2.75, 3.05) is 58.4 Å². The average Bonchev–Trinajstić information content (AvgIpc) is 2.62. The number of benzene rings is 1. The van der Waals surface area contributed by atoms with Crippen molar-refractivity contribution in [3.05, 3.63) is 24.3 Å². The van der Waals surface area contributed by atoms with Gasteiger partial charge in [0.05, 0.1) is 20.3 Å². The van der Waals surface area contributed by atoms with E-state index in [0.29, 0.717) is 24.5 Å². The molecule has 0 aliphatic carbocycles. The minimum atomic E-state index is -0.120. The van der Waals surface area contributed by atoms with E-state index in [0.717, 1.165) is 32.8 Å². The number of ether oxygens (including phenoxy) is 2. The maximum Gasteiger partial charge on any atom is 0.226 e. The second-order valence-corrected chi connectivity index (χ2v) is 5.99. The van der Waals surface area contributed by atoms with Crippen molar-refractivity contribution in [3.8, 4) is 5.75 Å². The normalized spacial score (nSPS) is 14.8. The molecule has 1 aromatic carbocycles. The summed E-state index contributed by atoms with van der Waals surface area (Å²) in [5.41, 5.74) is 0.687. The number of carbonyl (C=O) groups excluding carboxylic acids is 2. The van der Waals surface area contributed by atoms with Gasteiger partial charge in [-0.05, 0) is 12.1 Å². The van der Waals surface area contributed by atoms with Gasteiger partial charge in [0.15, 0.2) is 0 Å². The molecule has 0 aromatic heterocycles. The Morgan fingerprint density at radius 1 is 1.28 bits per heavy atom. The van der Waals surface area contributed by atoms with Crippen LogP contribution in [0.5, 0.6) is 5.75 Å². The van der Waals surface area contributed by atoms with E-state index in [1.54, 1.807) is 25.0 Å². The molecule has 0 spiro atoms. The van der Waals surface area contributed by atoms with E-state index in [9.17, 15) is 9.59 Å². The monoisotopic (exact) mass is 349 g/mol. The Labute approximate surface area is 148 Å². The molecule has 1 N–H and O–H groups in total. The molecule has 25 heavy (non-hydrogen) atoms. The molecule has 1 aliphatic heterocycles. The third-order valence-corrected chi connectivity index (χ3v) is 4.20. The number of methoxy groups -OCH3 is 1. The molecule has 0 unspecified atom stereocenters. The van der Waals surface area contributed by atoms with Crippen LogP contribution in [-0.4, -0.2) is 74.7 Å². The Morgan fingerprint density at radius 3 is 2.72 bits per heavy atom. The summed E-state index contributed by atoms with van der Waals surface area (Å²) in [5, 5.41) is 2.83. The van der Waals surface area contributed by atoms with Crippen LogP contribution in [0.1, 0.15) is 13.3 Å². The zero-order chi connectivity index (χ0) is 18.1. The van der Waals surface area contributed by atoms with E-state index in [2.05, 4.69) is 10.2 Å². The molecular weight excluding hydrogens is 322 g/mol. The van der Waals surface area contributed by atoms with Crippen LogP contribution in [0.2, 0.25) is 0 Å². The minimum Gasteiger partial charge on any atom is -0.497 e. The molecule has 1 heterocycles. The summed E-state index contributed by atoms with van der Waals surface area (Å²) in [4.78, 5) is 27.9. The first-order valence-electron chi connectivity index (χ1n) is 8.58. The van der Waals surface area contributed by atoms with E-state index in [1.165, 1.54) is 0 Å². The van der Waals surface area contributed by atoms with E-state index in [4.69, 9.17) is 9.47 Å². The number of carbonyl (C=O) groups is 2. The molecular formula is C18H27N3O4. The largest absolute Gasteiger partial charge is 0.497 e. The quantitative estimate of drug-likeness (QED) is 0.764. The van der Waals surface area contributed by atoms with Gasteiger partial charge in [-0.2, -0.15) is 0 Å². The highest BCUT2D eigenvalue weighted by Gasteiger charge is 2.15. The first-order chi connectivity index (χ1) is 12.1. The lowest BCUT2D eigenvalue weighted by molar-refractivity contribution is -0.129. The molecule has 138 valence electrons. The van der Waals surface area contributed by atoms with Gasteiger partial charge in [0.2, 0.25) is 11.8 Å². The highest BCUT2D eigenvalue weighted by Crippen LogP contribution is 2.16. The van der Waals surface area contributed by atoms with Gasteiger partial charge in [-0.25, -0.2) is 0 Å². The molecule has 0 saturated carbocycles. The van der Waals surface area contributed by atoms with E-state index in [1.807, 2.05) is 18.2 Å². The van der Waals surface area contributed by atoms with Crippen LogP contribution in [0.3, 0.4) is 0 Å². The third kappa shape index (κ3) is 6.72. The molecule has 1 aromatic rings. The molecule has 2 rings (SSSR count). The Hall–Kier alpha value is -2.12. The van der Waals surface area contributed by atoms with E-state index < -0.39 is 0 Å². The van der Waals surface area contributed by atoms with Crippen LogP contribution >= 0.6 is 0 Å². The Balaban J connectivity index is 1.76. The molecule has 0 radical (unpaired) electrons. The van der Waals surface area contributed by atoms with Crippen molar-refractivity contribution in [1.82, 2.24) is 9.80 Å². The third-order valence-electron chi connectivity index (χ3n) is 4.20. The Kier molecular flexibility index (Phi) is 7.69. The number of nitrogens with one attached hydrogen (secondary N) is 1. The van der Waals surface area contributed by atoms with Gasteiger partial charge < -0.3 is 19.7 Å². The fourth-order valence-electron chi connectivity index (χ4n) is 2.67. The number of amides is 2. The number of rotatable bonds is 8. The van der Waals surface area contributed by atoms with E-state index >= 15 is 0 Å². The van der Waals surface area contributed by atoms with Gasteiger partial charge >= 0.3 is 0 Å². The summed E-state index contributed by atoms with van der Waals surface area (Å²) in [5.74, 6) is 0.557. The van der Waals surface area contributed by atoms with Crippen LogP contribution in [0.4, 0.5) is 5.69 Å². The van der Waals surface area contributed by atoms with Crippen molar-refractivity contribution in [2.24, 2.45) is 0 Å². The highest BCUT2D eigenvalue weighted by atomic mass is 16.5. The predicted octanol–water partition coefficient (Wildman–Crippen LogP) is 1.20. The van der Waals surface area contributed by atoms with Gasteiger partial charge in [-0.15, -0.1) is 0 Å². The number of hydrogen-bond acceptors (Lipinski definition) is 5. The molecule has 0 bridgehead atoms. The predicted molar refractivity (Wildman–Crippen MR) is 95.8 cm³/mol. The number of morpholine rings is 1. The first-order valence-corrected chi connectivity index (χ1v) is 8.58. The fourth-order valence-corrected chi connectivity index (χ4v) is 2.67. The van der Waals surface area contributed by atoms with Gasteiger partial charge in [-0.3, -0.25) is 14.5 Å². The van der Waals surface area contributed by atoms with Crippen molar-refractivity contribution >= 4 is 17.5 Å². The van der Waals surface area contributed by atoms with Gasteiger partial charge in [0.25, 0.3) is 0 Å². The van der Waals surface area contributed by atoms with Crippen LogP contribution in [0, 0.1) is 0 Å². The molecule has 1 saturated heterocycles. The molecule has 1 aliphatic rings. The standard InChI is InChI=1S/C18H27N3O4/c1-15(22)21(9-8-20-10-12-25-13-11-20)7-6-18(23)19-16-4-3-5-17(14-16)24-2/h3-5,14H,6-13H2,1-2H3,(H,19,23). The van der Waals surface area contributed by atoms with Crippen LogP contribution in [0.25, 0.3) is 0 Å². The molecule has 7 heteroatoms. The Bertz CT molecular complexity index is 573. The second kappa shape index (κ2) is 10.0. The summed E-state index contributed by atoms with van der Waals surface area (Å²) >= 11 is 0. The van der Waals surface area contributed by atoms with Crippen molar-refractivity contribution in [2.45, 2.75) is 13.3 Å².